The van der Waals surface area contributed by atoms with Gasteiger partial charge in [0.1, 0.15) is 0 Å². The largest absolute Gasteiger partial charge is 0.303 e. The van der Waals surface area contributed by atoms with Gasteiger partial charge in [-0.3, -0.25) is 0 Å². The summed E-state index contributed by atoms with van der Waals surface area (Å²) in [6.07, 6.45) is 4.97. The van der Waals surface area contributed by atoms with E-state index in [2.05, 4.69) is 31.9 Å². The first-order valence-corrected chi connectivity index (χ1v) is 6.16. The van der Waals surface area contributed by atoms with E-state index in [4.69, 9.17) is 5.26 Å². The van der Waals surface area contributed by atoms with Crippen molar-refractivity contribution in [2.75, 3.05) is 13.6 Å². The number of hydrogen-bond acceptors (Lipinski definition) is 2. The third-order valence-electron chi connectivity index (χ3n) is 4.43. The molecule has 2 nitrogen and oxygen atoms in total. The summed E-state index contributed by atoms with van der Waals surface area (Å²) in [4.78, 5) is 2.53. The van der Waals surface area contributed by atoms with Crippen LogP contribution >= 0.6 is 0 Å². The summed E-state index contributed by atoms with van der Waals surface area (Å²) >= 11 is 0. The van der Waals surface area contributed by atoms with E-state index in [-0.39, 0.29) is 0 Å². The fourth-order valence-electron chi connectivity index (χ4n) is 3.65. The standard InChI is InChI=1S/C13H22N2/c1-10(2)12-4-5-13(9-15(12)3)6-11(7-13)8-14/h10-12H,4-7,9H2,1-3H3. The number of likely N-dealkylation sites (tertiary alicyclic amines) is 1. The molecular formula is C13H22N2. The van der Waals surface area contributed by atoms with Crippen LogP contribution in [0.3, 0.4) is 0 Å². The molecule has 0 N–H and O–H groups in total. The molecule has 1 saturated heterocycles. The number of piperidine rings is 1. The lowest BCUT2D eigenvalue weighted by molar-refractivity contribution is -0.0304. The molecule has 1 spiro atoms. The average Bonchev–Trinajstić information content (AvgIpc) is 2.12. The molecule has 1 aliphatic carbocycles. The summed E-state index contributed by atoms with van der Waals surface area (Å²) in [5.41, 5.74) is 0.514. The molecule has 2 fully saturated rings. The van der Waals surface area contributed by atoms with Crippen LogP contribution in [0.25, 0.3) is 0 Å². The monoisotopic (exact) mass is 206 g/mol. The van der Waals surface area contributed by atoms with Gasteiger partial charge in [-0.25, -0.2) is 0 Å². The second kappa shape index (κ2) is 3.79. The quantitative estimate of drug-likeness (QED) is 0.659. The second-order valence-electron chi connectivity index (χ2n) is 6.00. The Morgan fingerprint density at radius 2 is 2.07 bits per heavy atom. The number of hydrogen-bond donors (Lipinski definition) is 0. The Balaban J connectivity index is 1.93. The Kier molecular flexibility index (Phi) is 2.77. The van der Waals surface area contributed by atoms with Gasteiger partial charge >= 0.3 is 0 Å². The number of nitriles is 1. The molecule has 0 radical (unpaired) electrons. The van der Waals surface area contributed by atoms with Crippen LogP contribution in [-0.4, -0.2) is 24.5 Å². The zero-order valence-corrected chi connectivity index (χ0v) is 10.2. The van der Waals surface area contributed by atoms with Crippen LogP contribution in [0.15, 0.2) is 0 Å². The van der Waals surface area contributed by atoms with E-state index < -0.39 is 0 Å². The van der Waals surface area contributed by atoms with Crippen LogP contribution in [-0.2, 0) is 0 Å². The van der Waals surface area contributed by atoms with Crippen molar-refractivity contribution in [3.8, 4) is 6.07 Å². The van der Waals surface area contributed by atoms with Crippen LogP contribution in [0.4, 0.5) is 0 Å². The van der Waals surface area contributed by atoms with E-state index in [9.17, 15) is 0 Å². The van der Waals surface area contributed by atoms with Gasteiger partial charge in [0, 0.05) is 18.5 Å². The fraction of sp³-hybridized carbons (Fsp3) is 0.923. The molecule has 0 aromatic carbocycles. The lowest BCUT2D eigenvalue weighted by Gasteiger charge is -2.53. The molecule has 2 rings (SSSR count). The van der Waals surface area contributed by atoms with E-state index in [1.807, 2.05) is 0 Å². The molecule has 1 unspecified atom stereocenters. The molecule has 2 aliphatic rings. The number of rotatable bonds is 1. The van der Waals surface area contributed by atoms with Crippen molar-refractivity contribution in [1.82, 2.24) is 4.90 Å². The van der Waals surface area contributed by atoms with Crippen molar-refractivity contribution in [1.29, 1.82) is 5.26 Å². The highest BCUT2D eigenvalue weighted by Crippen LogP contribution is 2.52. The molecule has 84 valence electrons. The van der Waals surface area contributed by atoms with E-state index in [1.165, 1.54) is 19.4 Å². The van der Waals surface area contributed by atoms with Gasteiger partial charge in [-0.2, -0.15) is 5.26 Å². The maximum Gasteiger partial charge on any atom is 0.0656 e. The molecule has 0 aromatic rings. The Bertz CT molecular complexity index is 271. The summed E-state index contributed by atoms with van der Waals surface area (Å²) in [6, 6.07) is 3.16. The lowest BCUT2D eigenvalue weighted by atomic mass is 9.58. The van der Waals surface area contributed by atoms with E-state index in [0.717, 1.165) is 24.8 Å². The van der Waals surface area contributed by atoms with Crippen LogP contribution in [0, 0.1) is 28.6 Å². The molecule has 1 saturated carbocycles. The maximum atomic E-state index is 8.84. The smallest absolute Gasteiger partial charge is 0.0656 e. The van der Waals surface area contributed by atoms with Crippen molar-refractivity contribution >= 4 is 0 Å². The summed E-state index contributed by atoms with van der Waals surface area (Å²) < 4.78 is 0. The van der Waals surface area contributed by atoms with Gasteiger partial charge in [-0.1, -0.05) is 13.8 Å². The summed E-state index contributed by atoms with van der Waals surface area (Å²) in [7, 11) is 2.26. The van der Waals surface area contributed by atoms with E-state index >= 15 is 0 Å². The van der Waals surface area contributed by atoms with Crippen molar-refractivity contribution in [2.45, 2.75) is 45.6 Å². The third-order valence-corrected chi connectivity index (χ3v) is 4.43. The maximum absolute atomic E-state index is 8.84. The zero-order chi connectivity index (χ0) is 11.1. The Hall–Kier alpha value is -0.550. The molecule has 0 aromatic heterocycles. The molecule has 1 heterocycles. The van der Waals surface area contributed by atoms with Gasteiger partial charge in [-0.15, -0.1) is 0 Å². The van der Waals surface area contributed by atoms with E-state index in [0.29, 0.717) is 11.3 Å². The van der Waals surface area contributed by atoms with Gasteiger partial charge in [0.25, 0.3) is 0 Å². The lowest BCUT2D eigenvalue weighted by Crippen LogP contribution is -2.53. The van der Waals surface area contributed by atoms with Gasteiger partial charge in [0.2, 0.25) is 0 Å². The minimum Gasteiger partial charge on any atom is -0.303 e. The van der Waals surface area contributed by atoms with Gasteiger partial charge in [0.05, 0.1) is 6.07 Å². The zero-order valence-electron chi connectivity index (χ0n) is 10.2. The number of nitrogens with zero attached hydrogens (tertiary/aromatic N) is 2. The van der Waals surface area contributed by atoms with Crippen molar-refractivity contribution in [3.05, 3.63) is 0 Å². The molecule has 0 bridgehead atoms. The normalized spacial score (nSPS) is 41.5. The Morgan fingerprint density at radius 1 is 1.40 bits per heavy atom. The van der Waals surface area contributed by atoms with Crippen LogP contribution < -0.4 is 0 Å². The Morgan fingerprint density at radius 3 is 2.53 bits per heavy atom. The van der Waals surface area contributed by atoms with Crippen LogP contribution in [0.5, 0.6) is 0 Å². The summed E-state index contributed by atoms with van der Waals surface area (Å²) in [5.74, 6) is 1.12. The minimum atomic E-state index is 0.356. The average molecular weight is 206 g/mol. The first-order chi connectivity index (χ1) is 7.06. The van der Waals surface area contributed by atoms with Crippen molar-refractivity contribution in [3.63, 3.8) is 0 Å². The van der Waals surface area contributed by atoms with Gasteiger partial charge < -0.3 is 4.90 Å². The van der Waals surface area contributed by atoms with Crippen LogP contribution in [0.1, 0.15) is 39.5 Å². The highest BCUT2D eigenvalue weighted by atomic mass is 15.2. The van der Waals surface area contributed by atoms with E-state index in [1.54, 1.807) is 0 Å². The first kappa shape index (κ1) is 11.0. The van der Waals surface area contributed by atoms with Crippen molar-refractivity contribution < 1.29 is 0 Å². The SMILES string of the molecule is CC(C)C1CCC2(CC(C#N)C2)CN1C. The summed E-state index contributed by atoms with van der Waals surface area (Å²) in [6.45, 7) is 5.85. The molecule has 0 amide bonds. The predicted molar refractivity (Wildman–Crippen MR) is 61.3 cm³/mol. The third kappa shape index (κ3) is 1.90. The first-order valence-electron chi connectivity index (χ1n) is 6.16. The van der Waals surface area contributed by atoms with Gasteiger partial charge in [0.15, 0.2) is 0 Å². The summed E-state index contributed by atoms with van der Waals surface area (Å²) in [5, 5.41) is 8.84. The van der Waals surface area contributed by atoms with Crippen molar-refractivity contribution in [2.24, 2.45) is 17.3 Å². The Labute approximate surface area is 93.3 Å². The molecule has 1 aliphatic heterocycles. The highest BCUT2D eigenvalue weighted by molar-refractivity contribution is 5.06. The topological polar surface area (TPSA) is 27.0 Å². The molecule has 2 heteroatoms. The van der Waals surface area contributed by atoms with Crippen LogP contribution in [0.2, 0.25) is 0 Å². The fourth-order valence-corrected chi connectivity index (χ4v) is 3.65. The second-order valence-corrected chi connectivity index (χ2v) is 6.00. The molecule has 1 atom stereocenters. The molecule has 15 heavy (non-hydrogen) atoms. The molecular weight excluding hydrogens is 184 g/mol. The highest BCUT2D eigenvalue weighted by Gasteiger charge is 2.48. The predicted octanol–water partition coefficient (Wildman–Crippen LogP) is 2.66. The van der Waals surface area contributed by atoms with Gasteiger partial charge in [-0.05, 0) is 44.1 Å². The minimum absolute atomic E-state index is 0.356.